The Morgan fingerprint density at radius 3 is 1.61 bits per heavy atom. The second-order valence-electron chi connectivity index (χ2n) is 9.63. The van der Waals surface area contributed by atoms with Gasteiger partial charge in [-0.3, -0.25) is 0 Å². The molecule has 1 heterocycles. The standard InChI is InChI=1S/C25H44BrN3O4/c1-21(2)15-11-7-5-9-13-17-32-23(30)25(26,29-20-27-19-28-29)24(31)33-18-14-10-6-8-12-16-22(3)4/h19-22H,5-18H2,1-4H3. The Kier molecular flexibility index (Phi) is 15.3. The summed E-state index contributed by atoms with van der Waals surface area (Å²) in [5.74, 6) is 0.0199. The predicted molar refractivity (Wildman–Crippen MR) is 134 cm³/mol. The Bertz CT molecular complexity index is 614. The second kappa shape index (κ2) is 17.1. The average molecular weight is 531 g/mol. The van der Waals surface area contributed by atoms with Gasteiger partial charge in [-0.2, -0.15) is 5.10 Å². The molecule has 190 valence electrons. The third-order valence-corrected chi connectivity index (χ3v) is 6.60. The molecule has 0 fully saturated rings. The third kappa shape index (κ3) is 12.0. The van der Waals surface area contributed by atoms with Gasteiger partial charge in [0.05, 0.1) is 13.2 Å². The van der Waals surface area contributed by atoms with Crippen molar-refractivity contribution in [2.45, 2.75) is 109 Å². The molecular weight excluding hydrogens is 486 g/mol. The molecule has 0 aliphatic rings. The lowest BCUT2D eigenvalue weighted by Crippen LogP contribution is -2.46. The smallest absolute Gasteiger partial charge is 0.357 e. The normalized spacial score (nSPS) is 11.8. The van der Waals surface area contributed by atoms with E-state index in [1.807, 2.05) is 0 Å². The molecule has 0 unspecified atom stereocenters. The van der Waals surface area contributed by atoms with Gasteiger partial charge in [0.1, 0.15) is 12.7 Å². The number of carbonyl (C=O) groups is 2. The van der Waals surface area contributed by atoms with Crippen LogP contribution in [0.15, 0.2) is 12.7 Å². The maximum atomic E-state index is 12.8. The first-order valence-corrected chi connectivity index (χ1v) is 13.5. The van der Waals surface area contributed by atoms with Crippen molar-refractivity contribution in [3.8, 4) is 0 Å². The van der Waals surface area contributed by atoms with Crippen LogP contribution in [0.3, 0.4) is 0 Å². The van der Waals surface area contributed by atoms with Crippen molar-refractivity contribution >= 4 is 27.9 Å². The SMILES string of the molecule is CC(C)CCCCCCCOC(=O)C(Br)(C(=O)OCCCCCCCC(C)C)n1cncn1. The summed E-state index contributed by atoms with van der Waals surface area (Å²) in [6.45, 7) is 9.47. The first kappa shape index (κ1) is 29.6. The van der Waals surface area contributed by atoms with Crippen LogP contribution in [0.5, 0.6) is 0 Å². The molecule has 33 heavy (non-hydrogen) atoms. The van der Waals surface area contributed by atoms with Crippen LogP contribution in [0, 0.1) is 11.8 Å². The van der Waals surface area contributed by atoms with Gasteiger partial charge in [0.15, 0.2) is 0 Å². The van der Waals surface area contributed by atoms with Crippen molar-refractivity contribution in [2.75, 3.05) is 13.2 Å². The van der Waals surface area contributed by atoms with Gasteiger partial charge in [-0.1, -0.05) is 91.9 Å². The fourth-order valence-corrected chi connectivity index (χ4v) is 3.94. The summed E-state index contributed by atoms with van der Waals surface area (Å²) < 4.78 is 10.1. The van der Waals surface area contributed by atoms with Gasteiger partial charge in [0, 0.05) is 0 Å². The first-order chi connectivity index (χ1) is 15.8. The van der Waals surface area contributed by atoms with E-state index in [-0.39, 0.29) is 13.2 Å². The summed E-state index contributed by atoms with van der Waals surface area (Å²) in [5.41, 5.74) is 0. The van der Waals surface area contributed by atoms with E-state index < -0.39 is 16.4 Å². The topological polar surface area (TPSA) is 83.3 Å². The minimum atomic E-state index is -1.85. The lowest BCUT2D eigenvalue weighted by molar-refractivity contribution is -0.163. The van der Waals surface area contributed by atoms with Gasteiger partial charge in [-0.05, 0) is 40.6 Å². The number of unbranched alkanes of at least 4 members (excludes halogenated alkanes) is 8. The van der Waals surface area contributed by atoms with Crippen molar-refractivity contribution in [3.63, 3.8) is 0 Å². The molecule has 0 amide bonds. The molecule has 0 atom stereocenters. The van der Waals surface area contributed by atoms with E-state index in [9.17, 15) is 9.59 Å². The van der Waals surface area contributed by atoms with Gasteiger partial charge < -0.3 is 9.47 Å². The van der Waals surface area contributed by atoms with Crippen LogP contribution in [0.25, 0.3) is 0 Å². The highest BCUT2D eigenvalue weighted by Crippen LogP contribution is 2.28. The molecule has 1 aromatic heterocycles. The maximum absolute atomic E-state index is 12.8. The number of carbonyl (C=O) groups excluding carboxylic acids is 2. The number of nitrogens with zero attached hydrogens (tertiary/aromatic N) is 3. The minimum Gasteiger partial charge on any atom is -0.463 e. The van der Waals surface area contributed by atoms with Crippen LogP contribution < -0.4 is 0 Å². The van der Waals surface area contributed by atoms with E-state index in [1.54, 1.807) is 0 Å². The summed E-state index contributed by atoms with van der Waals surface area (Å²) in [7, 11) is 0. The number of hydrogen-bond acceptors (Lipinski definition) is 6. The minimum absolute atomic E-state index is 0.259. The van der Waals surface area contributed by atoms with Gasteiger partial charge in [0.25, 0.3) is 0 Å². The number of rotatable bonds is 19. The first-order valence-electron chi connectivity index (χ1n) is 12.7. The quantitative estimate of drug-likeness (QED) is 0.0890. The molecule has 0 aliphatic carbocycles. The molecule has 0 saturated heterocycles. The van der Waals surface area contributed by atoms with Crippen molar-refractivity contribution < 1.29 is 19.1 Å². The van der Waals surface area contributed by atoms with E-state index in [1.165, 1.54) is 51.2 Å². The van der Waals surface area contributed by atoms with Gasteiger partial charge in [0.2, 0.25) is 0 Å². The molecular formula is C25H44BrN3O4. The third-order valence-electron chi connectivity index (χ3n) is 5.59. The zero-order valence-electron chi connectivity index (χ0n) is 21.1. The summed E-state index contributed by atoms with van der Waals surface area (Å²) in [5, 5.41) is 3.97. The van der Waals surface area contributed by atoms with Crippen LogP contribution in [-0.4, -0.2) is 39.9 Å². The largest absolute Gasteiger partial charge is 0.463 e. The molecule has 0 radical (unpaired) electrons. The highest BCUT2D eigenvalue weighted by Gasteiger charge is 2.50. The van der Waals surface area contributed by atoms with Gasteiger partial charge in [-0.25, -0.2) is 19.3 Å². The number of esters is 2. The lowest BCUT2D eigenvalue weighted by atomic mass is 10.0. The van der Waals surface area contributed by atoms with E-state index in [0.29, 0.717) is 0 Å². The predicted octanol–water partition coefficient (Wildman–Crippen LogP) is 6.41. The Morgan fingerprint density at radius 2 is 1.21 bits per heavy atom. The number of alkyl halides is 1. The summed E-state index contributed by atoms with van der Waals surface area (Å²) in [6.07, 6.45) is 15.7. The molecule has 1 aromatic rings. The van der Waals surface area contributed by atoms with Gasteiger partial charge >= 0.3 is 16.4 Å². The molecule has 1 rings (SSSR count). The molecule has 0 bridgehead atoms. The number of aromatic nitrogens is 3. The van der Waals surface area contributed by atoms with Crippen LogP contribution in [0.1, 0.15) is 105 Å². The Balaban J connectivity index is 2.39. The van der Waals surface area contributed by atoms with E-state index in [4.69, 9.17) is 9.47 Å². The van der Waals surface area contributed by atoms with Gasteiger partial charge in [-0.15, -0.1) is 0 Å². The van der Waals surface area contributed by atoms with E-state index in [0.717, 1.165) is 55.0 Å². The monoisotopic (exact) mass is 529 g/mol. The van der Waals surface area contributed by atoms with Crippen molar-refractivity contribution in [2.24, 2.45) is 11.8 Å². The summed E-state index contributed by atoms with van der Waals surface area (Å²) in [4.78, 5) is 29.5. The number of ether oxygens (including phenoxy) is 2. The maximum Gasteiger partial charge on any atom is 0.357 e. The van der Waals surface area contributed by atoms with Crippen LogP contribution in [0.4, 0.5) is 0 Å². The number of hydrogen-bond donors (Lipinski definition) is 0. The highest BCUT2D eigenvalue weighted by atomic mass is 79.9. The fraction of sp³-hybridized carbons (Fsp3) is 0.840. The van der Waals surface area contributed by atoms with Crippen LogP contribution in [-0.2, 0) is 23.5 Å². The zero-order valence-corrected chi connectivity index (χ0v) is 22.6. The summed E-state index contributed by atoms with van der Waals surface area (Å²) in [6, 6.07) is 0. The van der Waals surface area contributed by atoms with Crippen LogP contribution in [0.2, 0.25) is 0 Å². The highest BCUT2D eigenvalue weighted by molar-refractivity contribution is 9.10. The Morgan fingerprint density at radius 1 is 0.788 bits per heavy atom. The number of halogens is 1. The van der Waals surface area contributed by atoms with Crippen molar-refractivity contribution in [1.82, 2.24) is 14.8 Å². The molecule has 0 spiro atoms. The molecule has 8 heteroatoms. The Labute approximate surface area is 208 Å². The fourth-order valence-electron chi connectivity index (χ4n) is 3.53. The zero-order chi connectivity index (χ0) is 24.5. The Hall–Kier alpha value is -1.44. The lowest BCUT2D eigenvalue weighted by Gasteiger charge is -2.23. The molecule has 7 nitrogen and oxygen atoms in total. The molecule has 0 aliphatic heterocycles. The van der Waals surface area contributed by atoms with Crippen LogP contribution >= 0.6 is 15.9 Å². The van der Waals surface area contributed by atoms with Crippen molar-refractivity contribution in [3.05, 3.63) is 12.7 Å². The van der Waals surface area contributed by atoms with Crippen molar-refractivity contribution in [1.29, 1.82) is 0 Å². The van der Waals surface area contributed by atoms with E-state index >= 15 is 0 Å². The molecule has 0 saturated carbocycles. The van der Waals surface area contributed by atoms with E-state index in [2.05, 4.69) is 53.7 Å². The average Bonchev–Trinajstić information content (AvgIpc) is 3.31. The summed E-state index contributed by atoms with van der Waals surface area (Å²) >= 11 is 3.25. The second-order valence-corrected chi connectivity index (χ2v) is 10.8. The molecule has 0 aromatic carbocycles. The molecule has 0 N–H and O–H groups in total.